The SMILES string of the molecule is CCCCCCCCCC=CC=CC=CC=CC=CC=CC(=O)OCC=C(C)CCCC(C)CCCC(C)CCCC(C)C. The molecule has 0 N–H and O–H groups in total. The Balaban J connectivity index is 3.87. The summed E-state index contributed by atoms with van der Waals surface area (Å²) < 4.78 is 5.32. The third kappa shape index (κ3) is 32.6. The number of unbranched alkanes of at least 4 members (excludes halogenated alkanes) is 7. The van der Waals surface area contributed by atoms with Crippen molar-refractivity contribution in [2.75, 3.05) is 6.61 Å². The first-order valence-corrected chi connectivity index (χ1v) is 18.2. The summed E-state index contributed by atoms with van der Waals surface area (Å²) in [4.78, 5) is 11.9. The molecule has 0 aromatic rings. The highest BCUT2D eigenvalue weighted by atomic mass is 16.5. The first kappa shape index (κ1) is 41.7. The Bertz CT molecular complexity index is 864. The van der Waals surface area contributed by atoms with Gasteiger partial charge in [-0.05, 0) is 56.4 Å². The maximum atomic E-state index is 11.9. The average Bonchev–Trinajstić information content (AvgIpc) is 2.98. The summed E-state index contributed by atoms with van der Waals surface area (Å²) in [5.41, 5.74) is 1.31. The van der Waals surface area contributed by atoms with Gasteiger partial charge in [0.25, 0.3) is 0 Å². The van der Waals surface area contributed by atoms with Crippen LogP contribution in [0, 0.1) is 17.8 Å². The molecule has 0 spiro atoms. The number of hydrogen-bond acceptors (Lipinski definition) is 2. The summed E-state index contributed by atoms with van der Waals surface area (Å²) in [6.07, 6.45) is 47.9. The Labute approximate surface area is 274 Å². The molecule has 0 heterocycles. The van der Waals surface area contributed by atoms with Crippen molar-refractivity contribution in [2.24, 2.45) is 17.8 Å². The van der Waals surface area contributed by atoms with Gasteiger partial charge in [-0.25, -0.2) is 4.79 Å². The van der Waals surface area contributed by atoms with E-state index >= 15 is 0 Å². The molecular weight excluding hydrogens is 536 g/mol. The average molecular weight is 607 g/mol. The highest BCUT2D eigenvalue weighted by molar-refractivity contribution is 5.82. The topological polar surface area (TPSA) is 26.3 Å². The number of rotatable bonds is 28. The fraction of sp³-hybridized carbons (Fsp3) is 0.643. The molecule has 2 unspecified atom stereocenters. The number of carbonyl (C=O) groups is 1. The summed E-state index contributed by atoms with van der Waals surface area (Å²) >= 11 is 0. The maximum Gasteiger partial charge on any atom is 0.331 e. The minimum absolute atomic E-state index is 0.306. The van der Waals surface area contributed by atoms with Gasteiger partial charge in [0.05, 0.1) is 0 Å². The largest absolute Gasteiger partial charge is 0.458 e. The number of hydrogen-bond donors (Lipinski definition) is 0. The predicted octanol–water partition coefficient (Wildman–Crippen LogP) is 13.4. The van der Waals surface area contributed by atoms with Gasteiger partial charge in [-0.1, -0.05) is 190 Å². The van der Waals surface area contributed by atoms with Gasteiger partial charge < -0.3 is 4.74 Å². The van der Waals surface area contributed by atoms with E-state index in [4.69, 9.17) is 4.74 Å². The lowest BCUT2D eigenvalue weighted by molar-refractivity contribution is -0.136. The second kappa shape index (κ2) is 32.1. The minimum Gasteiger partial charge on any atom is -0.458 e. The summed E-state index contributed by atoms with van der Waals surface area (Å²) in [7, 11) is 0. The zero-order valence-corrected chi connectivity index (χ0v) is 29.8. The van der Waals surface area contributed by atoms with Crippen LogP contribution in [0.4, 0.5) is 0 Å². The van der Waals surface area contributed by atoms with Crippen LogP contribution in [-0.4, -0.2) is 12.6 Å². The smallest absolute Gasteiger partial charge is 0.331 e. The Morgan fingerprint density at radius 2 is 1.09 bits per heavy atom. The molecule has 0 rings (SSSR count). The van der Waals surface area contributed by atoms with E-state index in [1.165, 1.54) is 114 Å². The highest BCUT2D eigenvalue weighted by Crippen LogP contribution is 2.22. The van der Waals surface area contributed by atoms with Crippen LogP contribution < -0.4 is 0 Å². The van der Waals surface area contributed by atoms with Crippen molar-refractivity contribution in [1.29, 1.82) is 0 Å². The van der Waals surface area contributed by atoms with E-state index in [1.54, 1.807) is 6.08 Å². The molecule has 44 heavy (non-hydrogen) atoms. The van der Waals surface area contributed by atoms with Crippen LogP contribution >= 0.6 is 0 Å². The number of ether oxygens (including phenoxy) is 1. The van der Waals surface area contributed by atoms with E-state index in [0.717, 1.165) is 24.2 Å². The lowest BCUT2D eigenvalue weighted by atomic mass is 9.91. The molecule has 250 valence electrons. The van der Waals surface area contributed by atoms with Crippen LogP contribution in [0.5, 0.6) is 0 Å². The van der Waals surface area contributed by atoms with E-state index in [1.807, 2.05) is 48.6 Å². The molecule has 0 aliphatic heterocycles. The molecule has 0 radical (unpaired) electrons. The molecular formula is C42H70O2. The fourth-order valence-corrected chi connectivity index (χ4v) is 5.17. The molecule has 0 saturated heterocycles. The third-order valence-electron chi connectivity index (χ3n) is 8.14. The van der Waals surface area contributed by atoms with Crippen molar-refractivity contribution in [3.8, 4) is 0 Å². The predicted molar refractivity (Wildman–Crippen MR) is 197 cm³/mol. The Morgan fingerprint density at radius 3 is 1.68 bits per heavy atom. The van der Waals surface area contributed by atoms with E-state index < -0.39 is 0 Å². The number of esters is 1. The third-order valence-corrected chi connectivity index (χ3v) is 8.14. The standard InChI is InChI=1S/C42H70O2/c1-7-8-9-10-11-12-13-14-15-16-17-18-19-20-21-22-23-24-25-35-42(43)44-37-36-41(6)34-28-33-40(5)32-27-31-39(4)30-26-29-38(2)3/h15-25,35-36,38-40H,7-14,26-34,37H2,1-6H3. The molecule has 2 heteroatoms. The lowest BCUT2D eigenvalue weighted by Gasteiger charge is -2.15. The van der Waals surface area contributed by atoms with Gasteiger partial charge in [-0.3, -0.25) is 0 Å². The van der Waals surface area contributed by atoms with Crippen LogP contribution in [0.15, 0.2) is 84.6 Å². The second-order valence-electron chi connectivity index (χ2n) is 13.3. The van der Waals surface area contributed by atoms with E-state index in [-0.39, 0.29) is 5.97 Å². The van der Waals surface area contributed by atoms with Crippen molar-refractivity contribution in [3.63, 3.8) is 0 Å². The van der Waals surface area contributed by atoms with Crippen LogP contribution in [-0.2, 0) is 9.53 Å². The molecule has 0 aromatic heterocycles. The van der Waals surface area contributed by atoms with Crippen LogP contribution in [0.1, 0.15) is 151 Å². The van der Waals surface area contributed by atoms with Gasteiger partial charge in [0.15, 0.2) is 0 Å². The highest BCUT2D eigenvalue weighted by Gasteiger charge is 2.07. The number of carbonyl (C=O) groups excluding carboxylic acids is 1. The zero-order chi connectivity index (χ0) is 32.5. The molecule has 0 aliphatic rings. The van der Waals surface area contributed by atoms with Gasteiger partial charge in [0, 0.05) is 6.08 Å². The fourth-order valence-electron chi connectivity index (χ4n) is 5.17. The Hall–Kier alpha value is -2.35. The Morgan fingerprint density at radius 1 is 0.591 bits per heavy atom. The van der Waals surface area contributed by atoms with Crippen molar-refractivity contribution in [3.05, 3.63) is 84.6 Å². The van der Waals surface area contributed by atoms with Crippen molar-refractivity contribution < 1.29 is 9.53 Å². The quantitative estimate of drug-likeness (QED) is 0.0291. The second-order valence-corrected chi connectivity index (χ2v) is 13.3. The van der Waals surface area contributed by atoms with Gasteiger partial charge >= 0.3 is 5.97 Å². The van der Waals surface area contributed by atoms with Crippen molar-refractivity contribution in [1.82, 2.24) is 0 Å². The molecule has 0 bridgehead atoms. The zero-order valence-electron chi connectivity index (χ0n) is 29.8. The van der Waals surface area contributed by atoms with Gasteiger partial charge in [-0.2, -0.15) is 0 Å². The molecule has 2 atom stereocenters. The normalized spacial score (nSPS) is 14.6. The minimum atomic E-state index is -0.306. The first-order chi connectivity index (χ1) is 21.3. The summed E-state index contributed by atoms with van der Waals surface area (Å²) in [6.45, 7) is 14.2. The molecule has 0 aliphatic carbocycles. The van der Waals surface area contributed by atoms with Gasteiger partial charge in [-0.15, -0.1) is 0 Å². The first-order valence-electron chi connectivity index (χ1n) is 18.2. The van der Waals surface area contributed by atoms with E-state index in [0.29, 0.717) is 6.61 Å². The molecule has 0 amide bonds. The van der Waals surface area contributed by atoms with Crippen LogP contribution in [0.3, 0.4) is 0 Å². The number of allylic oxidation sites excluding steroid dienone is 12. The molecule has 0 saturated carbocycles. The van der Waals surface area contributed by atoms with E-state index in [2.05, 4.69) is 59.8 Å². The molecule has 0 fully saturated rings. The molecule has 2 nitrogen and oxygen atoms in total. The van der Waals surface area contributed by atoms with Gasteiger partial charge in [0.2, 0.25) is 0 Å². The van der Waals surface area contributed by atoms with Crippen molar-refractivity contribution in [2.45, 2.75) is 151 Å². The monoisotopic (exact) mass is 607 g/mol. The summed E-state index contributed by atoms with van der Waals surface area (Å²) in [5.74, 6) is 2.19. The van der Waals surface area contributed by atoms with Crippen LogP contribution in [0.25, 0.3) is 0 Å². The molecule has 0 aromatic carbocycles. The van der Waals surface area contributed by atoms with Crippen molar-refractivity contribution >= 4 is 5.97 Å². The summed E-state index contributed by atoms with van der Waals surface area (Å²) in [5, 5.41) is 0. The lowest BCUT2D eigenvalue weighted by Crippen LogP contribution is -2.01. The summed E-state index contributed by atoms with van der Waals surface area (Å²) in [6, 6.07) is 0. The van der Waals surface area contributed by atoms with Gasteiger partial charge in [0.1, 0.15) is 6.61 Å². The van der Waals surface area contributed by atoms with Crippen LogP contribution in [0.2, 0.25) is 0 Å². The maximum absolute atomic E-state index is 11.9. The Kier molecular flexibility index (Phi) is 30.3. The van der Waals surface area contributed by atoms with E-state index in [9.17, 15) is 4.79 Å².